The highest BCUT2D eigenvalue weighted by Crippen LogP contribution is 2.38. The summed E-state index contributed by atoms with van der Waals surface area (Å²) in [5, 5.41) is 11.2. The minimum Gasteiger partial charge on any atom is -0.474 e. The first-order chi connectivity index (χ1) is 16.5. The number of benzene rings is 2. The fourth-order valence-corrected chi connectivity index (χ4v) is 3.47. The Morgan fingerprint density at radius 3 is 2.49 bits per heavy atom. The van der Waals surface area contributed by atoms with E-state index in [0.29, 0.717) is 25.8 Å². The first-order valence-corrected chi connectivity index (χ1v) is 10.9. The second-order valence-electron chi connectivity index (χ2n) is 7.44. The van der Waals surface area contributed by atoms with E-state index in [1.807, 2.05) is 0 Å². The Hall–Kier alpha value is -3.09. The average molecular weight is 519 g/mol. The van der Waals surface area contributed by atoms with Crippen LogP contribution in [0.15, 0.2) is 36.4 Å². The first kappa shape index (κ1) is 26.5. The maximum atomic E-state index is 12.9. The number of rotatable bonds is 9. The Bertz CT molecular complexity index is 1080. The summed E-state index contributed by atoms with van der Waals surface area (Å²) in [5.41, 5.74) is -1.38. The van der Waals surface area contributed by atoms with Crippen LogP contribution in [0.3, 0.4) is 0 Å². The lowest BCUT2D eigenvalue weighted by molar-refractivity contribution is -0.386. The number of hydrogen-bond donors (Lipinski definition) is 0. The summed E-state index contributed by atoms with van der Waals surface area (Å²) in [6.45, 7) is 4.53. The topological polar surface area (TPSA) is 100 Å². The highest BCUT2D eigenvalue weighted by molar-refractivity contribution is 6.32. The molecule has 1 amide bonds. The van der Waals surface area contributed by atoms with Crippen molar-refractivity contribution in [2.45, 2.75) is 32.4 Å². The molecule has 3 rings (SSSR count). The van der Waals surface area contributed by atoms with Gasteiger partial charge in [-0.15, -0.1) is 0 Å². The van der Waals surface area contributed by atoms with Crippen molar-refractivity contribution in [3.05, 3.63) is 57.1 Å². The molecule has 9 nitrogen and oxygen atoms in total. The van der Waals surface area contributed by atoms with Gasteiger partial charge in [-0.1, -0.05) is 11.6 Å². The van der Waals surface area contributed by atoms with Gasteiger partial charge in [-0.25, -0.2) is 0 Å². The van der Waals surface area contributed by atoms with Gasteiger partial charge in [-0.2, -0.15) is 13.2 Å². The lowest BCUT2D eigenvalue weighted by Crippen LogP contribution is -2.44. The summed E-state index contributed by atoms with van der Waals surface area (Å²) in [7, 11) is 0. The fraction of sp³-hybridized carbons (Fsp3) is 0.409. The van der Waals surface area contributed by atoms with Gasteiger partial charge in [-0.05, 0) is 38.1 Å². The molecule has 0 saturated carbocycles. The Morgan fingerprint density at radius 2 is 1.91 bits per heavy atom. The number of likely N-dealkylation sites (N-methyl/N-ethyl adjacent to an activating group) is 1. The molecule has 0 aliphatic carbocycles. The number of carbonyl (C=O) groups excluding carboxylic acids is 1. The molecule has 1 fully saturated rings. The van der Waals surface area contributed by atoms with E-state index in [-0.39, 0.29) is 28.8 Å². The van der Waals surface area contributed by atoms with Crippen LogP contribution in [0, 0.1) is 10.1 Å². The summed E-state index contributed by atoms with van der Waals surface area (Å²) < 4.78 is 60.4. The van der Waals surface area contributed by atoms with Crippen LogP contribution >= 0.6 is 11.6 Å². The largest absolute Gasteiger partial charge is 0.474 e. The van der Waals surface area contributed by atoms with Crippen molar-refractivity contribution >= 4 is 23.2 Å². The molecule has 1 heterocycles. The molecule has 190 valence electrons. The standard InChI is InChI=1S/C22H22ClF3N2O7/c1-3-27(12-20-32-8-9-33-20)21(29)13(2)34-19-11-15(5-6-17(19)28(30)31)35-18-7-4-14(10-16(18)23)22(24,25)26/h4-7,10-11,13,20H,3,8-9,12H2,1-2H3. The third-order valence-electron chi connectivity index (χ3n) is 5.02. The highest BCUT2D eigenvalue weighted by Gasteiger charge is 2.31. The number of nitro groups is 1. The van der Waals surface area contributed by atoms with Gasteiger partial charge < -0.3 is 23.8 Å². The summed E-state index contributed by atoms with van der Waals surface area (Å²) >= 11 is 5.92. The van der Waals surface area contributed by atoms with Crippen LogP contribution in [-0.4, -0.2) is 54.4 Å². The molecule has 0 spiro atoms. The van der Waals surface area contributed by atoms with E-state index in [4.69, 9.17) is 30.5 Å². The van der Waals surface area contributed by atoms with Gasteiger partial charge in [-0.3, -0.25) is 14.9 Å². The van der Waals surface area contributed by atoms with Crippen molar-refractivity contribution in [2.75, 3.05) is 26.3 Å². The number of amides is 1. The number of hydrogen-bond acceptors (Lipinski definition) is 7. The monoisotopic (exact) mass is 518 g/mol. The van der Waals surface area contributed by atoms with Crippen molar-refractivity contribution in [2.24, 2.45) is 0 Å². The van der Waals surface area contributed by atoms with Crippen molar-refractivity contribution in [1.82, 2.24) is 4.90 Å². The van der Waals surface area contributed by atoms with E-state index < -0.39 is 40.7 Å². The summed E-state index contributed by atoms with van der Waals surface area (Å²) in [4.78, 5) is 25.1. The molecule has 0 aromatic heterocycles. The maximum Gasteiger partial charge on any atom is 0.416 e. The molecule has 35 heavy (non-hydrogen) atoms. The number of halogens is 4. The molecule has 1 aliphatic rings. The quantitative estimate of drug-likeness (QED) is 0.338. The van der Waals surface area contributed by atoms with E-state index in [2.05, 4.69) is 0 Å². The first-order valence-electron chi connectivity index (χ1n) is 10.5. The third kappa shape index (κ3) is 6.74. The normalized spacial score (nSPS) is 15.0. The maximum absolute atomic E-state index is 12.9. The van der Waals surface area contributed by atoms with E-state index in [1.54, 1.807) is 6.92 Å². The van der Waals surface area contributed by atoms with Crippen LogP contribution < -0.4 is 9.47 Å². The minimum atomic E-state index is -4.58. The fourth-order valence-electron chi connectivity index (χ4n) is 3.26. The molecule has 0 radical (unpaired) electrons. The smallest absolute Gasteiger partial charge is 0.416 e. The van der Waals surface area contributed by atoms with Crippen molar-refractivity contribution in [1.29, 1.82) is 0 Å². The lowest BCUT2D eigenvalue weighted by Gasteiger charge is -2.26. The molecule has 2 aromatic rings. The zero-order chi connectivity index (χ0) is 25.8. The third-order valence-corrected chi connectivity index (χ3v) is 5.32. The van der Waals surface area contributed by atoms with Crippen LogP contribution in [0.4, 0.5) is 18.9 Å². The number of ether oxygens (including phenoxy) is 4. The second-order valence-corrected chi connectivity index (χ2v) is 7.85. The summed E-state index contributed by atoms with van der Waals surface area (Å²) in [6.07, 6.45) is -6.26. The second kappa shape index (κ2) is 11.1. The van der Waals surface area contributed by atoms with Crippen LogP contribution in [-0.2, 0) is 20.4 Å². The summed E-state index contributed by atoms with van der Waals surface area (Å²) in [6, 6.07) is 6.02. The van der Waals surface area contributed by atoms with Crippen LogP contribution in [0.25, 0.3) is 0 Å². The van der Waals surface area contributed by atoms with E-state index in [0.717, 1.165) is 24.3 Å². The SMILES string of the molecule is CCN(CC1OCCO1)C(=O)C(C)Oc1cc(Oc2ccc(C(F)(F)F)cc2Cl)ccc1[N+](=O)[O-]. The van der Waals surface area contributed by atoms with E-state index in [1.165, 1.54) is 17.9 Å². The number of carbonyl (C=O) groups is 1. The molecule has 1 atom stereocenters. The zero-order valence-electron chi connectivity index (χ0n) is 18.7. The van der Waals surface area contributed by atoms with Gasteiger partial charge in [0.2, 0.25) is 5.75 Å². The van der Waals surface area contributed by atoms with Crippen LogP contribution in [0.5, 0.6) is 17.2 Å². The van der Waals surface area contributed by atoms with Crippen molar-refractivity contribution in [3.8, 4) is 17.2 Å². The molecular formula is C22H22ClF3N2O7. The van der Waals surface area contributed by atoms with Gasteiger partial charge >= 0.3 is 11.9 Å². The Morgan fingerprint density at radius 1 is 1.23 bits per heavy atom. The van der Waals surface area contributed by atoms with Gasteiger partial charge in [0, 0.05) is 18.7 Å². The van der Waals surface area contributed by atoms with Gasteiger partial charge in [0.05, 0.1) is 35.3 Å². The Labute approximate surface area is 203 Å². The molecule has 2 aromatic carbocycles. The van der Waals surface area contributed by atoms with Crippen LogP contribution in [0.2, 0.25) is 5.02 Å². The number of nitrogens with zero attached hydrogens (tertiary/aromatic N) is 2. The predicted octanol–water partition coefficient (Wildman–Crippen LogP) is 5.05. The van der Waals surface area contributed by atoms with E-state index in [9.17, 15) is 28.1 Å². The van der Waals surface area contributed by atoms with Gasteiger partial charge in [0.25, 0.3) is 5.91 Å². The Balaban J connectivity index is 1.78. The number of alkyl halides is 3. The summed E-state index contributed by atoms with van der Waals surface area (Å²) in [5.74, 6) is -0.803. The highest BCUT2D eigenvalue weighted by atomic mass is 35.5. The Kier molecular flexibility index (Phi) is 8.41. The molecule has 1 aliphatic heterocycles. The van der Waals surface area contributed by atoms with Gasteiger partial charge in [0.15, 0.2) is 12.4 Å². The molecule has 1 saturated heterocycles. The van der Waals surface area contributed by atoms with Crippen molar-refractivity contribution < 1.29 is 41.8 Å². The molecule has 1 unspecified atom stereocenters. The number of nitro benzene ring substituents is 1. The van der Waals surface area contributed by atoms with Gasteiger partial charge in [0.1, 0.15) is 11.5 Å². The zero-order valence-corrected chi connectivity index (χ0v) is 19.5. The van der Waals surface area contributed by atoms with E-state index >= 15 is 0 Å². The van der Waals surface area contributed by atoms with Crippen molar-refractivity contribution in [3.63, 3.8) is 0 Å². The lowest BCUT2D eigenvalue weighted by atomic mass is 10.2. The molecule has 13 heteroatoms. The molecule has 0 N–H and O–H groups in total. The predicted molar refractivity (Wildman–Crippen MR) is 118 cm³/mol. The molecule has 0 bridgehead atoms. The van der Waals surface area contributed by atoms with Crippen LogP contribution in [0.1, 0.15) is 19.4 Å². The average Bonchev–Trinajstić information content (AvgIpc) is 3.31. The minimum absolute atomic E-state index is 0.00649. The molecular weight excluding hydrogens is 497 g/mol.